The molecule has 158 valence electrons. The van der Waals surface area contributed by atoms with E-state index in [0.717, 1.165) is 32.1 Å². The number of hydrogen-bond donors (Lipinski definition) is 2. The van der Waals surface area contributed by atoms with Crippen LogP contribution in [0.15, 0.2) is 35.3 Å². The number of rotatable bonds is 5. The van der Waals surface area contributed by atoms with Crippen molar-refractivity contribution in [1.29, 1.82) is 0 Å². The Morgan fingerprint density at radius 3 is 2.53 bits per heavy atom. The minimum Gasteiger partial charge on any atom is -0.481 e. The van der Waals surface area contributed by atoms with Gasteiger partial charge < -0.3 is 10.4 Å². The molecule has 2 unspecified atom stereocenters. The number of halogens is 2. The fraction of sp³-hybridized carbons (Fsp3) is 0.500. The Hall–Kier alpha value is -2.41. The Kier molecular flexibility index (Phi) is 4.43. The summed E-state index contributed by atoms with van der Waals surface area (Å²) in [5.41, 5.74) is -0.110. The molecule has 4 fully saturated rings. The molecular weight excluding hydrogens is 409 g/mol. The minimum atomic E-state index is -0.774. The molecule has 2 N–H and O–H groups in total. The number of aliphatic carboxylic acids is 1. The maximum Gasteiger partial charge on any atom is 0.303 e. The number of benzene rings is 1. The van der Waals surface area contributed by atoms with E-state index in [1.165, 1.54) is 23.0 Å². The van der Waals surface area contributed by atoms with Gasteiger partial charge in [0.2, 0.25) is 0 Å². The van der Waals surface area contributed by atoms with E-state index < -0.39 is 11.5 Å². The van der Waals surface area contributed by atoms with Crippen LogP contribution < -0.4 is 10.9 Å². The van der Waals surface area contributed by atoms with Crippen LogP contribution in [0.5, 0.6) is 0 Å². The molecule has 0 radical (unpaired) electrons. The molecule has 0 amide bonds. The molecule has 2 aromatic rings. The van der Waals surface area contributed by atoms with E-state index in [2.05, 4.69) is 10.4 Å². The molecule has 0 aliphatic heterocycles. The molecule has 4 saturated carbocycles. The second kappa shape index (κ2) is 6.80. The Morgan fingerprint density at radius 1 is 1.23 bits per heavy atom. The van der Waals surface area contributed by atoms with Gasteiger partial charge in [-0.15, -0.1) is 0 Å². The molecule has 6 rings (SSSR count). The molecule has 6 nitrogen and oxygen atoms in total. The van der Waals surface area contributed by atoms with Crippen molar-refractivity contribution in [1.82, 2.24) is 9.78 Å². The summed E-state index contributed by atoms with van der Waals surface area (Å²) in [4.78, 5) is 24.8. The maximum atomic E-state index is 13.2. The third-order valence-electron chi connectivity index (χ3n) is 7.17. The zero-order valence-electron chi connectivity index (χ0n) is 16.4. The van der Waals surface area contributed by atoms with Gasteiger partial charge >= 0.3 is 5.97 Å². The van der Waals surface area contributed by atoms with Gasteiger partial charge in [0, 0.05) is 5.69 Å². The Balaban J connectivity index is 1.50. The molecule has 4 aliphatic carbocycles. The molecule has 4 bridgehead atoms. The summed E-state index contributed by atoms with van der Waals surface area (Å²) in [6.07, 6.45) is 6.99. The Labute approximate surface area is 178 Å². The first-order chi connectivity index (χ1) is 14.3. The van der Waals surface area contributed by atoms with Crippen molar-refractivity contribution in [2.75, 3.05) is 5.32 Å². The average molecular weight is 432 g/mol. The van der Waals surface area contributed by atoms with E-state index in [0.29, 0.717) is 29.6 Å². The number of nitrogens with zero attached hydrogens (tertiary/aromatic N) is 2. The highest BCUT2D eigenvalue weighted by Crippen LogP contribution is 2.65. The van der Waals surface area contributed by atoms with Gasteiger partial charge in [-0.25, -0.2) is 9.07 Å². The zero-order chi connectivity index (χ0) is 21.1. The molecule has 30 heavy (non-hydrogen) atoms. The van der Waals surface area contributed by atoms with Crippen molar-refractivity contribution in [3.8, 4) is 0 Å². The van der Waals surface area contributed by atoms with E-state index in [1.807, 2.05) is 0 Å². The molecule has 2 atom stereocenters. The summed E-state index contributed by atoms with van der Waals surface area (Å²) in [7, 11) is 0. The molecule has 4 aliphatic rings. The van der Waals surface area contributed by atoms with Gasteiger partial charge in [-0.05, 0) is 80.0 Å². The smallest absolute Gasteiger partial charge is 0.303 e. The molecule has 1 aromatic carbocycles. The topological polar surface area (TPSA) is 84.2 Å². The van der Waals surface area contributed by atoms with Gasteiger partial charge in [0.05, 0.1) is 23.8 Å². The van der Waals surface area contributed by atoms with E-state index in [1.54, 1.807) is 12.1 Å². The van der Waals surface area contributed by atoms with Crippen LogP contribution in [-0.2, 0) is 10.3 Å². The molecule has 0 spiro atoms. The monoisotopic (exact) mass is 431 g/mol. The van der Waals surface area contributed by atoms with Gasteiger partial charge in [-0.2, -0.15) is 5.10 Å². The van der Waals surface area contributed by atoms with Crippen molar-refractivity contribution in [2.24, 2.45) is 17.3 Å². The standard InChI is InChI=1S/C22H23ClFN3O3/c23-19-17(26-16-3-1-15(24)2-4-16)11-25-27(20(19)30)22-8-13-5-14(9-22)7-21(6-13,12-22)10-18(28)29/h1-4,11,13-14,26H,5-10,12H2,(H,28,29). The van der Waals surface area contributed by atoms with Gasteiger partial charge in [0.15, 0.2) is 0 Å². The first kappa shape index (κ1) is 19.5. The van der Waals surface area contributed by atoms with Gasteiger partial charge in [-0.1, -0.05) is 11.6 Å². The van der Waals surface area contributed by atoms with Gasteiger partial charge in [0.25, 0.3) is 5.56 Å². The highest BCUT2D eigenvalue weighted by Gasteiger charge is 2.59. The number of carboxylic acid groups (broad SMARTS) is 1. The predicted octanol–water partition coefficient (Wildman–Crippen LogP) is 4.55. The molecule has 0 saturated heterocycles. The van der Waals surface area contributed by atoms with Crippen molar-refractivity contribution < 1.29 is 14.3 Å². The van der Waals surface area contributed by atoms with Gasteiger partial charge in [-0.3, -0.25) is 9.59 Å². The number of hydrogen-bond acceptors (Lipinski definition) is 4. The zero-order valence-corrected chi connectivity index (χ0v) is 17.2. The van der Waals surface area contributed by atoms with E-state index in [-0.39, 0.29) is 28.2 Å². The quantitative estimate of drug-likeness (QED) is 0.725. The second-order valence-electron chi connectivity index (χ2n) is 9.48. The van der Waals surface area contributed by atoms with E-state index >= 15 is 0 Å². The summed E-state index contributed by atoms with van der Waals surface area (Å²) in [6, 6.07) is 5.77. The van der Waals surface area contributed by atoms with E-state index in [9.17, 15) is 19.1 Å². The SMILES string of the molecule is O=C(O)CC12CC3CC(C1)CC(n1ncc(Nc4ccc(F)cc4)c(Cl)c1=O)(C3)C2. The lowest BCUT2D eigenvalue weighted by Crippen LogP contribution is -2.59. The average Bonchev–Trinajstić information content (AvgIpc) is 2.65. The maximum absolute atomic E-state index is 13.2. The summed E-state index contributed by atoms with van der Waals surface area (Å²) in [6.45, 7) is 0. The first-order valence-corrected chi connectivity index (χ1v) is 10.7. The van der Waals surface area contributed by atoms with Crippen LogP contribution in [0, 0.1) is 23.1 Å². The molecule has 8 heteroatoms. The van der Waals surface area contributed by atoms with Crippen LogP contribution in [0.25, 0.3) is 0 Å². The highest BCUT2D eigenvalue weighted by molar-refractivity contribution is 6.33. The number of carboxylic acids is 1. The Bertz CT molecular complexity index is 1050. The van der Waals surface area contributed by atoms with Crippen molar-refractivity contribution >= 4 is 28.9 Å². The molecule has 1 aromatic heterocycles. The van der Waals surface area contributed by atoms with Crippen LogP contribution in [0.4, 0.5) is 15.8 Å². The van der Waals surface area contributed by atoms with Crippen LogP contribution in [-0.4, -0.2) is 20.9 Å². The number of anilines is 2. The summed E-state index contributed by atoms with van der Waals surface area (Å²) >= 11 is 6.43. The molecular formula is C22H23ClFN3O3. The van der Waals surface area contributed by atoms with Crippen LogP contribution in [0.3, 0.4) is 0 Å². The lowest BCUT2D eigenvalue weighted by molar-refractivity contribution is -0.151. The second-order valence-corrected chi connectivity index (χ2v) is 9.85. The summed E-state index contributed by atoms with van der Waals surface area (Å²) in [5, 5.41) is 17.0. The van der Waals surface area contributed by atoms with Crippen LogP contribution in [0.2, 0.25) is 5.02 Å². The third-order valence-corrected chi connectivity index (χ3v) is 7.53. The normalized spacial score (nSPS) is 31.7. The van der Waals surface area contributed by atoms with E-state index in [4.69, 9.17) is 11.6 Å². The largest absolute Gasteiger partial charge is 0.481 e. The number of nitrogens with one attached hydrogen (secondary N) is 1. The van der Waals surface area contributed by atoms with Crippen molar-refractivity contribution in [2.45, 2.75) is 50.5 Å². The lowest BCUT2D eigenvalue weighted by Gasteiger charge is -2.61. The van der Waals surface area contributed by atoms with Crippen LogP contribution >= 0.6 is 11.6 Å². The third kappa shape index (κ3) is 3.20. The van der Waals surface area contributed by atoms with Crippen LogP contribution in [0.1, 0.15) is 44.9 Å². The summed E-state index contributed by atoms with van der Waals surface area (Å²) in [5.74, 6) is -0.272. The minimum absolute atomic E-state index is 0.0392. The van der Waals surface area contributed by atoms with Crippen molar-refractivity contribution in [3.63, 3.8) is 0 Å². The lowest BCUT2D eigenvalue weighted by atomic mass is 9.46. The number of aromatic nitrogens is 2. The predicted molar refractivity (Wildman–Crippen MR) is 111 cm³/mol. The fourth-order valence-corrected chi connectivity index (χ4v) is 6.90. The molecule has 1 heterocycles. The Morgan fingerprint density at radius 2 is 1.90 bits per heavy atom. The highest BCUT2D eigenvalue weighted by atomic mass is 35.5. The number of carbonyl (C=O) groups is 1. The summed E-state index contributed by atoms with van der Waals surface area (Å²) < 4.78 is 14.7. The first-order valence-electron chi connectivity index (χ1n) is 10.3. The van der Waals surface area contributed by atoms with Crippen molar-refractivity contribution in [3.05, 3.63) is 51.7 Å². The van der Waals surface area contributed by atoms with Gasteiger partial charge in [0.1, 0.15) is 10.8 Å². The fourth-order valence-electron chi connectivity index (χ4n) is 6.72.